The molecular weight excluding hydrogens is 234 g/mol. The predicted molar refractivity (Wildman–Crippen MR) is 72.6 cm³/mol. The molecule has 1 rings (SSSR count). The van der Waals surface area contributed by atoms with Crippen LogP contribution in [0.3, 0.4) is 0 Å². The molecule has 0 aliphatic carbocycles. The SMILES string of the molecule is CCCNc1ncc(C)c(SC(C)CCO)n1. The Morgan fingerprint density at radius 2 is 2.29 bits per heavy atom. The molecule has 2 N–H and O–H groups in total. The van der Waals surface area contributed by atoms with E-state index in [0.717, 1.165) is 30.0 Å². The highest BCUT2D eigenvalue weighted by Gasteiger charge is 2.09. The molecule has 0 spiro atoms. The number of nitrogens with zero attached hydrogens (tertiary/aromatic N) is 2. The van der Waals surface area contributed by atoms with Gasteiger partial charge in [-0.25, -0.2) is 9.97 Å². The third-order valence-corrected chi connectivity index (χ3v) is 3.58. The highest BCUT2D eigenvalue weighted by molar-refractivity contribution is 7.99. The van der Waals surface area contributed by atoms with Crippen molar-refractivity contribution in [3.05, 3.63) is 11.8 Å². The quantitative estimate of drug-likeness (QED) is 0.579. The summed E-state index contributed by atoms with van der Waals surface area (Å²) in [6, 6.07) is 0. The van der Waals surface area contributed by atoms with Gasteiger partial charge in [0.1, 0.15) is 5.03 Å². The Balaban J connectivity index is 2.68. The lowest BCUT2D eigenvalue weighted by atomic mass is 10.3. The van der Waals surface area contributed by atoms with E-state index in [-0.39, 0.29) is 6.61 Å². The zero-order chi connectivity index (χ0) is 12.7. The second kappa shape index (κ2) is 7.50. The lowest BCUT2D eigenvalue weighted by Gasteiger charge is -2.12. The number of aryl methyl sites for hydroxylation is 1. The van der Waals surface area contributed by atoms with Gasteiger partial charge >= 0.3 is 0 Å². The van der Waals surface area contributed by atoms with Crippen molar-refractivity contribution in [2.24, 2.45) is 0 Å². The van der Waals surface area contributed by atoms with Gasteiger partial charge in [0.05, 0.1) is 0 Å². The van der Waals surface area contributed by atoms with Gasteiger partial charge in [0, 0.05) is 24.6 Å². The third kappa shape index (κ3) is 4.91. The molecule has 1 unspecified atom stereocenters. The number of hydrogen-bond acceptors (Lipinski definition) is 5. The Morgan fingerprint density at radius 3 is 2.94 bits per heavy atom. The third-order valence-electron chi connectivity index (χ3n) is 2.31. The molecule has 1 aromatic heterocycles. The number of aliphatic hydroxyl groups excluding tert-OH is 1. The van der Waals surface area contributed by atoms with Crippen LogP contribution in [0.1, 0.15) is 32.3 Å². The zero-order valence-corrected chi connectivity index (χ0v) is 11.5. The Bertz CT molecular complexity index is 347. The topological polar surface area (TPSA) is 58.0 Å². The van der Waals surface area contributed by atoms with E-state index in [9.17, 15) is 0 Å². The van der Waals surface area contributed by atoms with E-state index < -0.39 is 0 Å². The van der Waals surface area contributed by atoms with Crippen molar-refractivity contribution in [2.75, 3.05) is 18.5 Å². The normalized spacial score (nSPS) is 12.5. The first-order chi connectivity index (χ1) is 8.17. The van der Waals surface area contributed by atoms with E-state index >= 15 is 0 Å². The van der Waals surface area contributed by atoms with Crippen LogP contribution in [0.25, 0.3) is 0 Å². The van der Waals surface area contributed by atoms with Crippen molar-refractivity contribution in [3.63, 3.8) is 0 Å². The van der Waals surface area contributed by atoms with E-state index in [0.29, 0.717) is 11.2 Å². The lowest BCUT2D eigenvalue weighted by Crippen LogP contribution is -2.07. The summed E-state index contributed by atoms with van der Waals surface area (Å²) in [5.74, 6) is 0.691. The van der Waals surface area contributed by atoms with Crippen molar-refractivity contribution in [3.8, 4) is 0 Å². The van der Waals surface area contributed by atoms with Crippen LogP contribution in [0.15, 0.2) is 11.2 Å². The van der Waals surface area contributed by atoms with E-state index in [1.807, 2.05) is 13.1 Å². The minimum Gasteiger partial charge on any atom is -0.396 e. The summed E-state index contributed by atoms with van der Waals surface area (Å²) in [6.45, 7) is 7.33. The Morgan fingerprint density at radius 1 is 1.53 bits per heavy atom. The molecule has 0 aromatic carbocycles. The van der Waals surface area contributed by atoms with Gasteiger partial charge in [0.2, 0.25) is 5.95 Å². The molecule has 96 valence electrons. The summed E-state index contributed by atoms with van der Waals surface area (Å²) in [5, 5.41) is 13.4. The van der Waals surface area contributed by atoms with Crippen LogP contribution in [0.5, 0.6) is 0 Å². The lowest BCUT2D eigenvalue weighted by molar-refractivity contribution is 0.289. The maximum Gasteiger partial charge on any atom is 0.223 e. The van der Waals surface area contributed by atoms with E-state index in [2.05, 4.69) is 29.1 Å². The van der Waals surface area contributed by atoms with Gasteiger partial charge in [-0.15, -0.1) is 11.8 Å². The van der Waals surface area contributed by atoms with Crippen LogP contribution in [0.4, 0.5) is 5.95 Å². The summed E-state index contributed by atoms with van der Waals surface area (Å²) in [5.41, 5.74) is 1.09. The minimum absolute atomic E-state index is 0.221. The number of nitrogens with one attached hydrogen (secondary N) is 1. The van der Waals surface area contributed by atoms with Gasteiger partial charge in [0.25, 0.3) is 0 Å². The molecule has 1 heterocycles. The average molecular weight is 255 g/mol. The number of aliphatic hydroxyl groups is 1. The van der Waals surface area contributed by atoms with Gasteiger partial charge in [-0.3, -0.25) is 0 Å². The molecule has 0 bridgehead atoms. The first-order valence-corrected chi connectivity index (χ1v) is 6.90. The number of rotatable bonds is 7. The number of anilines is 1. The van der Waals surface area contributed by atoms with Crippen LogP contribution < -0.4 is 5.32 Å². The fraction of sp³-hybridized carbons (Fsp3) is 0.667. The molecule has 17 heavy (non-hydrogen) atoms. The van der Waals surface area contributed by atoms with Gasteiger partial charge in [0.15, 0.2) is 0 Å². The average Bonchev–Trinajstić information content (AvgIpc) is 2.30. The molecule has 0 radical (unpaired) electrons. The molecule has 5 heteroatoms. The summed E-state index contributed by atoms with van der Waals surface area (Å²) < 4.78 is 0. The molecule has 0 aliphatic heterocycles. The highest BCUT2D eigenvalue weighted by Crippen LogP contribution is 2.26. The van der Waals surface area contributed by atoms with Crippen molar-refractivity contribution in [1.82, 2.24) is 9.97 Å². The molecule has 4 nitrogen and oxygen atoms in total. The van der Waals surface area contributed by atoms with Crippen LogP contribution in [-0.4, -0.2) is 33.5 Å². The first-order valence-electron chi connectivity index (χ1n) is 6.02. The van der Waals surface area contributed by atoms with E-state index in [1.54, 1.807) is 11.8 Å². The summed E-state index contributed by atoms with van der Waals surface area (Å²) in [6.07, 6.45) is 3.69. The molecule has 0 amide bonds. The standard InChI is InChI=1S/C12H21N3OS/c1-4-6-13-12-14-8-9(2)11(15-12)17-10(3)5-7-16/h8,10,16H,4-7H2,1-3H3,(H,13,14,15). The molecule has 1 atom stereocenters. The maximum atomic E-state index is 8.90. The van der Waals surface area contributed by atoms with Gasteiger partial charge in [-0.2, -0.15) is 0 Å². The summed E-state index contributed by atoms with van der Waals surface area (Å²) in [7, 11) is 0. The fourth-order valence-corrected chi connectivity index (χ4v) is 2.28. The van der Waals surface area contributed by atoms with Crippen molar-refractivity contribution in [1.29, 1.82) is 0 Å². The van der Waals surface area contributed by atoms with Crippen LogP contribution in [-0.2, 0) is 0 Å². The number of hydrogen-bond donors (Lipinski definition) is 2. The Labute approximate surface area is 107 Å². The minimum atomic E-state index is 0.221. The summed E-state index contributed by atoms with van der Waals surface area (Å²) >= 11 is 1.69. The predicted octanol–water partition coefficient (Wildman–Crippen LogP) is 2.47. The second-order valence-electron chi connectivity index (χ2n) is 4.05. The largest absolute Gasteiger partial charge is 0.396 e. The van der Waals surface area contributed by atoms with Gasteiger partial charge in [-0.05, 0) is 25.3 Å². The maximum absolute atomic E-state index is 8.90. The number of aromatic nitrogens is 2. The molecule has 0 aliphatic rings. The van der Waals surface area contributed by atoms with Gasteiger partial charge < -0.3 is 10.4 Å². The monoisotopic (exact) mass is 255 g/mol. The van der Waals surface area contributed by atoms with Crippen molar-refractivity contribution in [2.45, 2.75) is 43.9 Å². The smallest absolute Gasteiger partial charge is 0.223 e. The van der Waals surface area contributed by atoms with Crippen molar-refractivity contribution < 1.29 is 5.11 Å². The highest BCUT2D eigenvalue weighted by atomic mass is 32.2. The first kappa shape index (κ1) is 14.3. The molecular formula is C12H21N3OS. The van der Waals surface area contributed by atoms with Crippen molar-refractivity contribution >= 4 is 17.7 Å². The zero-order valence-electron chi connectivity index (χ0n) is 10.7. The molecule has 0 fully saturated rings. The van der Waals surface area contributed by atoms with Crippen LogP contribution >= 0.6 is 11.8 Å². The van der Waals surface area contributed by atoms with Crippen LogP contribution in [0.2, 0.25) is 0 Å². The van der Waals surface area contributed by atoms with Gasteiger partial charge in [-0.1, -0.05) is 13.8 Å². The molecule has 1 aromatic rings. The number of thioether (sulfide) groups is 1. The summed E-state index contributed by atoms with van der Waals surface area (Å²) in [4.78, 5) is 8.74. The molecule has 0 saturated carbocycles. The van der Waals surface area contributed by atoms with E-state index in [4.69, 9.17) is 5.11 Å². The fourth-order valence-electron chi connectivity index (χ4n) is 1.30. The Kier molecular flexibility index (Phi) is 6.29. The molecule has 0 saturated heterocycles. The van der Waals surface area contributed by atoms with Crippen LogP contribution in [0, 0.1) is 6.92 Å². The Hall–Kier alpha value is -0.810. The second-order valence-corrected chi connectivity index (χ2v) is 5.48. The van der Waals surface area contributed by atoms with E-state index in [1.165, 1.54) is 0 Å².